The fourth-order valence-corrected chi connectivity index (χ4v) is 9.20. The number of hydrogen-bond donors (Lipinski definition) is 8. The lowest BCUT2D eigenvalue weighted by molar-refractivity contribution is -0.142. The molecule has 8 N–H and O–H groups in total. The number of likely N-dealkylation sites (tertiary alicyclic amines) is 1. The highest BCUT2D eigenvalue weighted by Crippen LogP contribution is 2.24. The van der Waals surface area contributed by atoms with Gasteiger partial charge in [-0.2, -0.15) is 8.42 Å². The molecule has 21 heteroatoms. The highest BCUT2D eigenvalue weighted by Gasteiger charge is 2.40. The Morgan fingerprint density at radius 2 is 1.42 bits per heavy atom. The zero-order valence-electron chi connectivity index (χ0n) is 41.6. The summed E-state index contributed by atoms with van der Waals surface area (Å²) in [4.78, 5) is 109. The average molecular weight is 1040 g/mol. The molecule has 74 heavy (non-hydrogen) atoms. The molecule has 1 aliphatic heterocycles. The van der Waals surface area contributed by atoms with E-state index in [1.807, 2.05) is 30.3 Å². The molecule has 0 aliphatic carbocycles. The second kappa shape index (κ2) is 25.9. The Hall–Kier alpha value is -7.52. The molecule has 5 rings (SSSR count). The number of carbonyl (C=O) groups excluding carboxylic acids is 6. The van der Waals surface area contributed by atoms with Crippen molar-refractivity contribution in [3.05, 3.63) is 125 Å². The fraction of sp³-hybridized carbons (Fsp3) is 0.396. The van der Waals surface area contributed by atoms with Crippen LogP contribution in [-0.4, -0.2) is 118 Å². The number of aliphatic carboxylic acids is 2. The zero-order valence-corrected chi connectivity index (χ0v) is 42.4. The molecule has 19 nitrogen and oxygen atoms in total. The van der Waals surface area contributed by atoms with Gasteiger partial charge in [-0.05, 0) is 105 Å². The normalized spacial score (nSPS) is 15.4. The van der Waals surface area contributed by atoms with Gasteiger partial charge in [-0.1, -0.05) is 80.1 Å². The maximum absolute atomic E-state index is 14.6. The van der Waals surface area contributed by atoms with Crippen LogP contribution in [-0.2, 0) is 62.3 Å². The summed E-state index contributed by atoms with van der Waals surface area (Å²) in [6, 6.07) is 15.7. The van der Waals surface area contributed by atoms with Gasteiger partial charge in [0.2, 0.25) is 29.5 Å². The topological polar surface area (TPSA) is 295 Å². The van der Waals surface area contributed by atoms with Gasteiger partial charge in [0.15, 0.2) is 0 Å². The van der Waals surface area contributed by atoms with Gasteiger partial charge in [0, 0.05) is 48.5 Å². The van der Waals surface area contributed by atoms with Gasteiger partial charge in [-0.15, -0.1) is 0 Å². The summed E-state index contributed by atoms with van der Waals surface area (Å²) < 4.78 is 47.0. The minimum absolute atomic E-state index is 0.0163. The van der Waals surface area contributed by atoms with Crippen LogP contribution < -0.4 is 26.6 Å². The number of carboxylic acid groups (broad SMARTS) is 2. The summed E-state index contributed by atoms with van der Waals surface area (Å²) in [5.74, 6) is -8.22. The van der Waals surface area contributed by atoms with E-state index in [1.54, 1.807) is 39.8 Å². The Labute approximate surface area is 428 Å². The van der Waals surface area contributed by atoms with Crippen LogP contribution in [0.1, 0.15) is 105 Å². The molecule has 4 aromatic carbocycles. The van der Waals surface area contributed by atoms with Gasteiger partial charge in [-0.3, -0.25) is 38.1 Å². The first-order chi connectivity index (χ1) is 34.9. The molecule has 1 saturated heterocycles. The summed E-state index contributed by atoms with van der Waals surface area (Å²) in [5.41, 5.74) is 0.279. The Morgan fingerprint density at radius 1 is 0.770 bits per heavy atom. The van der Waals surface area contributed by atoms with E-state index in [-0.39, 0.29) is 68.2 Å². The van der Waals surface area contributed by atoms with Crippen molar-refractivity contribution >= 4 is 74.3 Å². The van der Waals surface area contributed by atoms with Crippen molar-refractivity contribution in [2.75, 3.05) is 6.54 Å². The molecule has 1 fully saturated rings. The molecule has 1 heterocycles. The summed E-state index contributed by atoms with van der Waals surface area (Å²) in [6.07, 6.45) is 2.21. The summed E-state index contributed by atoms with van der Waals surface area (Å²) >= 11 is 0. The first-order valence-corrected chi connectivity index (χ1v) is 25.8. The van der Waals surface area contributed by atoms with Crippen LogP contribution in [0.2, 0.25) is 0 Å². The van der Waals surface area contributed by atoms with Crippen LogP contribution in [0, 0.1) is 5.82 Å². The molecule has 0 radical (unpaired) electrons. The van der Waals surface area contributed by atoms with Crippen molar-refractivity contribution < 1.29 is 65.9 Å². The molecule has 4 aromatic rings. The van der Waals surface area contributed by atoms with E-state index in [2.05, 4.69) is 26.6 Å². The van der Waals surface area contributed by atoms with Crippen molar-refractivity contribution in [3.63, 3.8) is 0 Å². The molecule has 0 spiro atoms. The van der Waals surface area contributed by atoms with E-state index in [0.29, 0.717) is 30.0 Å². The summed E-state index contributed by atoms with van der Waals surface area (Å²) in [6.45, 7) is 7.13. The first-order valence-electron chi connectivity index (χ1n) is 24.2. The zero-order chi connectivity index (χ0) is 54.3. The van der Waals surface area contributed by atoms with E-state index in [1.165, 1.54) is 29.2 Å². The molecule has 6 amide bonds. The Balaban J connectivity index is 1.41. The van der Waals surface area contributed by atoms with E-state index in [4.69, 9.17) is 5.11 Å². The number of fused-ring (bicyclic) bond motifs is 1. The number of nitrogens with one attached hydrogen (secondary N) is 5. The number of carbonyl (C=O) groups is 8. The van der Waals surface area contributed by atoms with Gasteiger partial charge >= 0.3 is 11.9 Å². The molecule has 0 unspecified atom stereocenters. The number of benzene rings is 4. The molecular formula is C53H63FN6O13S. The van der Waals surface area contributed by atoms with E-state index in [0.717, 1.165) is 35.0 Å². The van der Waals surface area contributed by atoms with Gasteiger partial charge in [0.1, 0.15) is 41.8 Å². The fourth-order valence-electron chi connectivity index (χ4n) is 8.59. The predicted octanol–water partition coefficient (Wildman–Crippen LogP) is 4.46. The van der Waals surface area contributed by atoms with E-state index < -0.39 is 105 Å². The highest BCUT2D eigenvalue weighted by molar-refractivity contribution is 7.85. The molecule has 5 atom stereocenters. The monoisotopic (exact) mass is 1040 g/mol. The Bertz CT molecular complexity index is 2860. The number of carboxylic acids is 2. The molecule has 0 saturated carbocycles. The van der Waals surface area contributed by atoms with Crippen molar-refractivity contribution in [3.8, 4) is 0 Å². The predicted molar refractivity (Wildman–Crippen MR) is 272 cm³/mol. The molecule has 1 aliphatic rings. The molecule has 396 valence electrons. The highest BCUT2D eigenvalue weighted by atomic mass is 32.2. The third kappa shape index (κ3) is 17.3. The number of rotatable bonds is 24. The van der Waals surface area contributed by atoms with Gasteiger partial charge in [0.05, 0.1) is 0 Å². The smallest absolute Gasteiger partial charge is 0.328 e. The number of nitrogens with zero attached hydrogens (tertiary/aromatic N) is 1. The first kappa shape index (κ1) is 57.4. The number of halogens is 1. The maximum atomic E-state index is 14.6. The number of amides is 6. The summed E-state index contributed by atoms with van der Waals surface area (Å²) in [5, 5.41) is 33.9. The van der Waals surface area contributed by atoms with Crippen LogP contribution in [0.5, 0.6) is 0 Å². The third-order valence-electron chi connectivity index (χ3n) is 12.1. The van der Waals surface area contributed by atoms with E-state index in [9.17, 15) is 60.8 Å². The van der Waals surface area contributed by atoms with Crippen LogP contribution in [0.4, 0.5) is 4.39 Å². The molecule has 0 aromatic heterocycles. The van der Waals surface area contributed by atoms with Gasteiger partial charge in [0.25, 0.3) is 16.0 Å². The van der Waals surface area contributed by atoms with E-state index >= 15 is 0 Å². The van der Waals surface area contributed by atoms with Crippen molar-refractivity contribution in [1.82, 2.24) is 31.5 Å². The van der Waals surface area contributed by atoms with Crippen molar-refractivity contribution in [2.24, 2.45) is 0 Å². The van der Waals surface area contributed by atoms with Crippen LogP contribution >= 0.6 is 0 Å². The summed E-state index contributed by atoms with van der Waals surface area (Å²) in [7, 11) is -4.37. The average Bonchev–Trinajstić information content (AvgIpc) is 3.82. The molecular weight excluding hydrogens is 980 g/mol. The SMILES string of the molecule is CCC[C@H](NC(=O)[C@H](Cc1ccc(CS(=O)(=O)O)cc1)NC(=O)c1ccc(F)c(/C=C/C(=O)O)c1)C(=O)N1CCC[C@H]1C(=O)N[C@@H](Cc1cccc2ccccc12)C(=O)N[C@@H](CCCC(=O)O)C(=O)NC(C)(C)C. The number of hydrogen-bond acceptors (Lipinski definition) is 10. The third-order valence-corrected chi connectivity index (χ3v) is 12.8. The van der Waals surface area contributed by atoms with Crippen LogP contribution in [0.25, 0.3) is 16.8 Å². The lowest BCUT2D eigenvalue weighted by Gasteiger charge is -2.31. The van der Waals surface area contributed by atoms with Gasteiger partial charge in [-0.25, -0.2) is 9.18 Å². The Morgan fingerprint density at radius 3 is 2.07 bits per heavy atom. The second-order valence-corrected chi connectivity index (χ2v) is 20.7. The lowest BCUT2D eigenvalue weighted by Crippen LogP contribution is -2.59. The standard InChI is InChI=1S/C53H63FN6O13S/c1-5-11-41(56-48(66)42(28-32-19-21-33(22-20-32)31-74(71,72)73)57-47(65)37-23-25-39(54)36(29-37)24-26-46(63)64)52(70)60-27-10-17-44(60)51(69)58-43(30-35-14-8-13-34-12-6-7-15-38(34)35)49(67)55-40(16-9-18-45(61)62)50(68)59-53(2,3)4/h6-8,12-15,19-26,29,40-44H,5,9-11,16-18,27-28,30-31H2,1-4H3,(H,55,67)(H,56,66)(H,57,65)(H,58,69)(H,59,68)(H,61,62)(H,63,64)(H,71,72,73)/b26-24+/t40-,41-,42-,43-,44-/m0/s1. The second-order valence-electron chi connectivity index (χ2n) is 19.2. The van der Waals surface area contributed by atoms with Gasteiger partial charge < -0.3 is 41.7 Å². The van der Waals surface area contributed by atoms with Crippen LogP contribution in [0.3, 0.4) is 0 Å². The Kier molecular flexibility index (Phi) is 20.1. The van der Waals surface area contributed by atoms with Crippen molar-refractivity contribution in [2.45, 2.75) is 127 Å². The van der Waals surface area contributed by atoms with Crippen molar-refractivity contribution in [1.29, 1.82) is 0 Å². The minimum atomic E-state index is -4.37. The largest absolute Gasteiger partial charge is 0.481 e. The van der Waals surface area contributed by atoms with Crippen LogP contribution in [0.15, 0.2) is 91.0 Å². The molecule has 0 bridgehead atoms. The maximum Gasteiger partial charge on any atom is 0.328 e. The quantitative estimate of drug-likeness (QED) is 0.0356. The lowest BCUT2D eigenvalue weighted by atomic mass is 9.97. The minimum Gasteiger partial charge on any atom is -0.481 e.